The fourth-order valence-corrected chi connectivity index (χ4v) is 3.45. The summed E-state index contributed by atoms with van der Waals surface area (Å²) in [7, 11) is 3.97. The van der Waals surface area contributed by atoms with Crippen molar-refractivity contribution in [3.8, 4) is 0 Å². The zero-order valence-electron chi connectivity index (χ0n) is 17.3. The van der Waals surface area contributed by atoms with Crippen molar-refractivity contribution in [2.75, 3.05) is 32.1 Å². The molecular weight excluding hydrogens is 382 g/mol. The van der Waals surface area contributed by atoms with E-state index in [2.05, 4.69) is 15.4 Å². The van der Waals surface area contributed by atoms with Crippen molar-refractivity contribution in [2.24, 2.45) is 11.0 Å². The van der Waals surface area contributed by atoms with Gasteiger partial charge >= 0.3 is 0 Å². The molecule has 0 bridgehead atoms. The lowest BCUT2D eigenvalue weighted by Crippen LogP contribution is -2.39. The van der Waals surface area contributed by atoms with Crippen molar-refractivity contribution in [2.45, 2.75) is 19.4 Å². The van der Waals surface area contributed by atoms with E-state index in [0.29, 0.717) is 0 Å². The van der Waals surface area contributed by atoms with Gasteiger partial charge in [0.15, 0.2) is 0 Å². The van der Waals surface area contributed by atoms with Crippen LogP contribution in [0.4, 0.5) is 11.4 Å². The summed E-state index contributed by atoms with van der Waals surface area (Å²) in [6.45, 7) is 2.35. The number of hydrazone groups is 1. The maximum absolute atomic E-state index is 12.4. The highest BCUT2D eigenvalue weighted by molar-refractivity contribution is 5.83. The zero-order chi connectivity index (χ0) is 21.5. The van der Waals surface area contributed by atoms with Gasteiger partial charge in [0.05, 0.1) is 11.1 Å². The number of likely N-dealkylation sites (tertiary alicyclic amines) is 1. The van der Waals surface area contributed by atoms with E-state index in [9.17, 15) is 14.9 Å². The summed E-state index contributed by atoms with van der Waals surface area (Å²) in [6.07, 6.45) is 3.19. The molecule has 1 amide bonds. The molecule has 0 radical (unpaired) electrons. The molecule has 0 aliphatic carbocycles. The van der Waals surface area contributed by atoms with Crippen molar-refractivity contribution < 1.29 is 9.72 Å². The van der Waals surface area contributed by atoms with Crippen LogP contribution in [-0.2, 0) is 11.3 Å². The largest absolute Gasteiger partial charge is 0.378 e. The van der Waals surface area contributed by atoms with E-state index >= 15 is 0 Å². The van der Waals surface area contributed by atoms with Gasteiger partial charge in [-0.3, -0.25) is 19.8 Å². The molecule has 30 heavy (non-hydrogen) atoms. The Bertz CT molecular complexity index is 886. The molecular formula is C22H27N5O3. The molecule has 8 heteroatoms. The Morgan fingerprint density at radius 2 is 1.80 bits per heavy atom. The van der Waals surface area contributed by atoms with Crippen LogP contribution < -0.4 is 10.3 Å². The van der Waals surface area contributed by atoms with Gasteiger partial charge in [0, 0.05) is 44.4 Å². The Labute approximate surface area is 176 Å². The predicted molar refractivity (Wildman–Crippen MR) is 118 cm³/mol. The number of hydrogen-bond acceptors (Lipinski definition) is 6. The first-order chi connectivity index (χ1) is 14.4. The number of piperidine rings is 1. The summed E-state index contributed by atoms with van der Waals surface area (Å²) >= 11 is 0. The van der Waals surface area contributed by atoms with Crippen LogP contribution in [0.2, 0.25) is 0 Å². The molecule has 8 nitrogen and oxygen atoms in total. The van der Waals surface area contributed by atoms with Gasteiger partial charge in [-0.25, -0.2) is 5.43 Å². The first kappa shape index (κ1) is 21.4. The third kappa shape index (κ3) is 5.87. The Morgan fingerprint density at radius 3 is 2.37 bits per heavy atom. The molecule has 2 aromatic rings. The molecule has 1 aliphatic rings. The lowest BCUT2D eigenvalue weighted by Gasteiger charge is -2.30. The molecule has 0 atom stereocenters. The van der Waals surface area contributed by atoms with Gasteiger partial charge in [0.1, 0.15) is 0 Å². The summed E-state index contributed by atoms with van der Waals surface area (Å²) in [5.41, 5.74) is 5.83. The van der Waals surface area contributed by atoms with Crippen LogP contribution in [0.5, 0.6) is 0 Å². The maximum Gasteiger partial charge on any atom is 0.269 e. The second-order valence-electron chi connectivity index (χ2n) is 7.69. The Kier molecular flexibility index (Phi) is 7.13. The van der Waals surface area contributed by atoms with E-state index < -0.39 is 4.92 Å². The SMILES string of the molecule is CN(C)c1ccc(C=NNC(=O)C2CCN(Cc3ccc([N+](=O)[O-])cc3)CC2)cc1. The van der Waals surface area contributed by atoms with Crippen molar-refractivity contribution in [3.63, 3.8) is 0 Å². The molecule has 1 heterocycles. The molecule has 0 aromatic heterocycles. The van der Waals surface area contributed by atoms with Gasteiger partial charge < -0.3 is 4.90 Å². The second-order valence-corrected chi connectivity index (χ2v) is 7.69. The zero-order valence-corrected chi connectivity index (χ0v) is 17.3. The van der Waals surface area contributed by atoms with Crippen LogP contribution in [0.25, 0.3) is 0 Å². The number of carbonyl (C=O) groups excluding carboxylic acids is 1. The summed E-state index contributed by atoms with van der Waals surface area (Å²) < 4.78 is 0. The van der Waals surface area contributed by atoms with Crippen LogP contribution in [-0.4, -0.2) is 49.1 Å². The molecule has 0 unspecified atom stereocenters. The van der Waals surface area contributed by atoms with E-state index in [4.69, 9.17) is 0 Å². The molecule has 158 valence electrons. The first-order valence-corrected chi connectivity index (χ1v) is 9.98. The van der Waals surface area contributed by atoms with Gasteiger partial charge in [0.25, 0.3) is 5.69 Å². The third-order valence-corrected chi connectivity index (χ3v) is 5.31. The number of nitro groups is 1. The number of anilines is 1. The normalized spacial score (nSPS) is 15.3. The fraction of sp³-hybridized carbons (Fsp3) is 0.364. The number of rotatable bonds is 7. The summed E-state index contributed by atoms with van der Waals surface area (Å²) in [5, 5.41) is 14.8. The number of amides is 1. The summed E-state index contributed by atoms with van der Waals surface area (Å²) in [6, 6.07) is 14.6. The molecule has 1 aliphatic heterocycles. The first-order valence-electron chi connectivity index (χ1n) is 9.98. The molecule has 3 rings (SSSR count). The summed E-state index contributed by atoms with van der Waals surface area (Å²) in [5.74, 6) is -0.0995. The van der Waals surface area contributed by atoms with Crippen LogP contribution in [0.15, 0.2) is 53.6 Å². The Morgan fingerprint density at radius 1 is 1.17 bits per heavy atom. The Hall–Kier alpha value is -3.26. The number of nitrogens with zero attached hydrogens (tertiary/aromatic N) is 4. The molecule has 1 saturated heterocycles. The quantitative estimate of drug-likeness (QED) is 0.431. The van der Waals surface area contributed by atoms with Crippen molar-refractivity contribution in [3.05, 3.63) is 69.8 Å². The number of hydrogen-bond donors (Lipinski definition) is 1. The molecule has 1 N–H and O–H groups in total. The van der Waals surface area contributed by atoms with Crippen LogP contribution in [0.3, 0.4) is 0 Å². The van der Waals surface area contributed by atoms with Crippen molar-refractivity contribution in [1.82, 2.24) is 10.3 Å². The second kappa shape index (κ2) is 9.98. The third-order valence-electron chi connectivity index (χ3n) is 5.31. The van der Waals surface area contributed by atoms with Crippen LogP contribution in [0.1, 0.15) is 24.0 Å². The monoisotopic (exact) mass is 409 g/mol. The van der Waals surface area contributed by atoms with Gasteiger partial charge in [-0.2, -0.15) is 5.10 Å². The number of non-ortho nitro benzene ring substituents is 1. The van der Waals surface area contributed by atoms with Crippen molar-refractivity contribution >= 4 is 23.5 Å². The van der Waals surface area contributed by atoms with E-state index in [1.807, 2.05) is 43.3 Å². The minimum absolute atomic E-state index is 0.0497. The van der Waals surface area contributed by atoms with Gasteiger partial charge in [-0.15, -0.1) is 0 Å². The van der Waals surface area contributed by atoms with E-state index in [0.717, 1.165) is 49.3 Å². The fourth-order valence-electron chi connectivity index (χ4n) is 3.45. The van der Waals surface area contributed by atoms with Gasteiger partial charge in [0.2, 0.25) is 5.91 Å². The Balaban J connectivity index is 1.43. The topological polar surface area (TPSA) is 91.1 Å². The smallest absolute Gasteiger partial charge is 0.269 e. The number of carbonyl (C=O) groups is 1. The van der Waals surface area contributed by atoms with Crippen molar-refractivity contribution in [1.29, 1.82) is 0 Å². The summed E-state index contributed by atoms with van der Waals surface area (Å²) in [4.78, 5) is 27.0. The van der Waals surface area contributed by atoms with Gasteiger partial charge in [-0.1, -0.05) is 24.3 Å². The lowest BCUT2D eigenvalue weighted by atomic mass is 9.96. The molecule has 0 spiro atoms. The van der Waals surface area contributed by atoms with Crippen LogP contribution >= 0.6 is 0 Å². The number of nitro benzene ring substituents is 1. The highest BCUT2D eigenvalue weighted by atomic mass is 16.6. The average Bonchev–Trinajstić information content (AvgIpc) is 2.75. The standard InChI is InChI=1S/C22H27N5O3/c1-25(2)20-7-3-17(4-8-20)15-23-24-22(28)19-11-13-26(14-12-19)16-18-5-9-21(10-6-18)27(29)30/h3-10,15,19H,11-14,16H2,1-2H3,(H,24,28). The van der Waals surface area contributed by atoms with E-state index in [1.54, 1.807) is 18.3 Å². The maximum atomic E-state index is 12.4. The molecule has 0 saturated carbocycles. The van der Waals surface area contributed by atoms with E-state index in [-0.39, 0.29) is 17.5 Å². The minimum atomic E-state index is -0.394. The minimum Gasteiger partial charge on any atom is -0.378 e. The van der Waals surface area contributed by atoms with E-state index in [1.165, 1.54) is 12.1 Å². The molecule has 1 fully saturated rings. The van der Waals surface area contributed by atoms with Crippen LogP contribution in [0, 0.1) is 16.0 Å². The van der Waals surface area contributed by atoms with Gasteiger partial charge in [-0.05, 0) is 49.2 Å². The number of nitrogens with one attached hydrogen (secondary N) is 1. The number of benzene rings is 2. The lowest BCUT2D eigenvalue weighted by molar-refractivity contribution is -0.384. The highest BCUT2D eigenvalue weighted by Gasteiger charge is 2.24. The highest BCUT2D eigenvalue weighted by Crippen LogP contribution is 2.20. The molecule has 2 aromatic carbocycles. The average molecular weight is 409 g/mol. The predicted octanol–water partition coefficient (Wildman–Crippen LogP) is 3.02.